The van der Waals surface area contributed by atoms with E-state index in [0.717, 1.165) is 49.1 Å². The minimum absolute atomic E-state index is 0.750. The first-order valence-corrected chi connectivity index (χ1v) is 9.24. The van der Waals surface area contributed by atoms with Crippen molar-refractivity contribution in [3.63, 3.8) is 0 Å². The van der Waals surface area contributed by atoms with Crippen LogP contribution in [-0.2, 0) is 12.8 Å². The first-order valence-electron chi connectivity index (χ1n) is 9.24. The standard InChI is InChI=1S/C22H26N4O/c1-17-25-21(23-14-12-18-8-4-3-5-9-18)16-22(26-17)24-15-13-19-10-6-7-11-20(19)27-2/h3-11,16H,12-15H2,1-2H3,(H2,23,24,25,26). The Morgan fingerprint density at radius 3 is 2.15 bits per heavy atom. The van der Waals surface area contributed by atoms with Gasteiger partial charge in [0.05, 0.1) is 7.11 Å². The summed E-state index contributed by atoms with van der Waals surface area (Å²) in [5.41, 5.74) is 2.49. The summed E-state index contributed by atoms with van der Waals surface area (Å²) >= 11 is 0. The van der Waals surface area contributed by atoms with Crippen LogP contribution in [0.1, 0.15) is 17.0 Å². The van der Waals surface area contributed by atoms with Gasteiger partial charge in [0.25, 0.3) is 0 Å². The number of hydrogen-bond donors (Lipinski definition) is 2. The van der Waals surface area contributed by atoms with Crippen molar-refractivity contribution >= 4 is 11.6 Å². The molecule has 0 fully saturated rings. The number of methoxy groups -OCH3 is 1. The zero-order valence-electron chi connectivity index (χ0n) is 15.9. The number of anilines is 2. The van der Waals surface area contributed by atoms with Gasteiger partial charge in [0.15, 0.2) is 0 Å². The van der Waals surface area contributed by atoms with Gasteiger partial charge in [0.1, 0.15) is 23.2 Å². The van der Waals surface area contributed by atoms with E-state index < -0.39 is 0 Å². The predicted molar refractivity (Wildman–Crippen MR) is 111 cm³/mol. The van der Waals surface area contributed by atoms with Gasteiger partial charge in [-0.2, -0.15) is 0 Å². The van der Waals surface area contributed by atoms with Crippen LogP contribution in [0.3, 0.4) is 0 Å². The van der Waals surface area contributed by atoms with Crippen molar-refractivity contribution in [2.75, 3.05) is 30.8 Å². The molecule has 27 heavy (non-hydrogen) atoms. The van der Waals surface area contributed by atoms with Crippen LogP contribution in [0.4, 0.5) is 11.6 Å². The Kier molecular flexibility index (Phi) is 6.63. The van der Waals surface area contributed by atoms with Gasteiger partial charge in [-0.1, -0.05) is 48.5 Å². The highest BCUT2D eigenvalue weighted by molar-refractivity contribution is 5.48. The van der Waals surface area contributed by atoms with Gasteiger partial charge < -0.3 is 15.4 Å². The van der Waals surface area contributed by atoms with E-state index in [9.17, 15) is 0 Å². The first kappa shape index (κ1) is 18.7. The molecule has 5 heteroatoms. The zero-order chi connectivity index (χ0) is 18.9. The van der Waals surface area contributed by atoms with Crippen LogP contribution in [0.2, 0.25) is 0 Å². The van der Waals surface area contributed by atoms with Crippen LogP contribution < -0.4 is 15.4 Å². The van der Waals surface area contributed by atoms with Gasteiger partial charge in [0.2, 0.25) is 0 Å². The summed E-state index contributed by atoms with van der Waals surface area (Å²) in [5, 5.41) is 6.78. The Hall–Kier alpha value is -3.08. The van der Waals surface area contributed by atoms with Gasteiger partial charge in [0, 0.05) is 19.2 Å². The Balaban J connectivity index is 1.53. The Morgan fingerprint density at radius 2 is 1.44 bits per heavy atom. The molecule has 140 valence electrons. The highest BCUT2D eigenvalue weighted by atomic mass is 16.5. The monoisotopic (exact) mass is 362 g/mol. The normalized spacial score (nSPS) is 10.4. The minimum atomic E-state index is 0.750. The molecule has 0 bridgehead atoms. The number of nitrogens with one attached hydrogen (secondary N) is 2. The lowest BCUT2D eigenvalue weighted by Gasteiger charge is -2.11. The third-order valence-electron chi connectivity index (χ3n) is 4.29. The number of aryl methyl sites for hydroxylation is 1. The van der Waals surface area contributed by atoms with Crippen LogP contribution in [0.25, 0.3) is 0 Å². The lowest BCUT2D eigenvalue weighted by molar-refractivity contribution is 0.410. The molecule has 0 radical (unpaired) electrons. The molecule has 0 aliphatic rings. The Bertz CT molecular complexity index is 852. The number of benzene rings is 2. The number of para-hydroxylation sites is 1. The number of ether oxygens (including phenoxy) is 1. The summed E-state index contributed by atoms with van der Waals surface area (Å²) in [6.45, 7) is 3.52. The molecule has 0 aliphatic carbocycles. The van der Waals surface area contributed by atoms with Gasteiger partial charge in [-0.15, -0.1) is 0 Å². The van der Waals surface area contributed by atoms with Crippen molar-refractivity contribution in [3.8, 4) is 5.75 Å². The molecule has 0 saturated heterocycles. The smallest absolute Gasteiger partial charge is 0.131 e. The fraction of sp³-hybridized carbons (Fsp3) is 0.273. The average molecular weight is 362 g/mol. The summed E-state index contributed by atoms with van der Waals surface area (Å²) in [5.74, 6) is 3.35. The van der Waals surface area contributed by atoms with Crippen LogP contribution in [-0.4, -0.2) is 30.2 Å². The van der Waals surface area contributed by atoms with Crippen molar-refractivity contribution in [3.05, 3.63) is 77.6 Å². The first-order chi connectivity index (χ1) is 13.2. The van der Waals surface area contributed by atoms with Crippen LogP contribution in [0.5, 0.6) is 5.75 Å². The lowest BCUT2D eigenvalue weighted by Crippen LogP contribution is -2.11. The highest BCUT2D eigenvalue weighted by Crippen LogP contribution is 2.18. The third-order valence-corrected chi connectivity index (χ3v) is 4.29. The fourth-order valence-corrected chi connectivity index (χ4v) is 2.96. The highest BCUT2D eigenvalue weighted by Gasteiger charge is 2.04. The second-order valence-electron chi connectivity index (χ2n) is 6.34. The minimum Gasteiger partial charge on any atom is -0.496 e. The third kappa shape index (κ3) is 5.71. The van der Waals surface area contributed by atoms with E-state index in [1.54, 1.807) is 7.11 Å². The number of nitrogens with zero attached hydrogens (tertiary/aromatic N) is 2. The summed E-state index contributed by atoms with van der Waals surface area (Å²) in [7, 11) is 1.70. The quantitative estimate of drug-likeness (QED) is 0.600. The molecule has 0 atom stereocenters. The van der Waals surface area contributed by atoms with E-state index in [1.165, 1.54) is 11.1 Å². The number of rotatable bonds is 9. The second-order valence-corrected chi connectivity index (χ2v) is 6.34. The van der Waals surface area contributed by atoms with Gasteiger partial charge in [-0.25, -0.2) is 9.97 Å². The maximum atomic E-state index is 5.40. The van der Waals surface area contributed by atoms with Crippen LogP contribution in [0.15, 0.2) is 60.7 Å². The Labute approximate surface area is 160 Å². The molecule has 0 saturated carbocycles. The molecule has 1 heterocycles. The molecule has 5 nitrogen and oxygen atoms in total. The number of hydrogen-bond acceptors (Lipinski definition) is 5. The SMILES string of the molecule is COc1ccccc1CCNc1cc(NCCc2ccccc2)nc(C)n1. The molecule has 3 aromatic rings. The van der Waals surface area contributed by atoms with Crippen molar-refractivity contribution < 1.29 is 4.74 Å². The molecule has 0 amide bonds. The molecule has 3 rings (SSSR count). The van der Waals surface area contributed by atoms with Gasteiger partial charge in [-0.05, 0) is 37.0 Å². The molecule has 0 aliphatic heterocycles. The van der Waals surface area contributed by atoms with Crippen molar-refractivity contribution in [2.45, 2.75) is 19.8 Å². The average Bonchev–Trinajstić information content (AvgIpc) is 2.69. The molecule has 0 unspecified atom stereocenters. The van der Waals surface area contributed by atoms with E-state index in [-0.39, 0.29) is 0 Å². The van der Waals surface area contributed by atoms with E-state index >= 15 is 0 Å². The molecular formula is C22H26N4O. The largest absolute Gasteiger partial charge is 0.496 e. The lowest BCUT2D eigenvalue weighted by atomic mass is 10.1. The van der Waals surface area contributed by atoms with Crippen LogP contribution >= 0.6 is 0 Å². The van der Waals surface area contributed by atoms with Crippen molar-refractivity contribution in [1.29, 1.82) is 0 Å². The summed E-state index contributed by atoms with van der Waals surface area (Å²) in [4.78, 5) is 8.96. The Morgan fingerprint density at radius 1 is 0.815 bits per heavy atom. The molecule has 1 aromatic heterocycles. The zero-order valence-corrected chi connectivity index (χ0v) is 15.9. The molecule has 2 aromatic carbocycles. The van der Waals surface area contributed by atoms with E-state index in [1.807, 2.05) is 37.3 Å². The van der Waals surface area contributed by atoms with Gasteiger partial charge >= 0.3 is 0 Å². The fourth-order valence-electron chi connectivity index (χ4n) is 2.96. The van der Waals surface area contributed by atoms with Crippen LogP contribution in [0, 0.1) is 6.92 Å². The molecule has 2 N–H and O–H groups in total. The van der Waals surface area contributed by atoms with Crippen molar-refractivity contribution in [1.82, 2.24) is 9.97 Å². The van der Waals surface area contributed by atoms with Crippen molar-refractivity contribution in [2.24, 2.45) is 0 Å². The maximum Gasteiger partial charge on any atom is 0.131 e. The summed E-state index contributed by atoms with van der Waals surface area (Å²) in [6, 6.07) is 20.5. The predicted octanol–water partition coefficient (Wildman–Crippen LogP) is 4.10. The topological polar surface area (TPSA) is 59.1 Å². The van der Waals surface area contributed by atoms with E-state index in [2.05, 4.69) is 50.9 Å². The summed E-state index contributed by atoms with van der Waals surface area (Å²) < 4.78 is 5.40. The van der Waals surface area contributed by atoms with E-state index in [4.69, 9.17) is 4.74 Å². The number of aromatic nitrogens is 2. The van der Waals surface area contributed by atoms with Gasteiger partial charge in [-0.3, -0.25) is 0 Å². The molecule has 0 spiro atoms. The molecular weight excluding hydrogens is 336 g/mol. The van der Waals surface area contributed by atoms with E-state index in [0.29, 0.717) is 0 Å². The maximum absolute atomic E-state index is 5.40. The summed E-state index contributed by atoms with van der Waals surface area (Å²) in [6.07, 6.45) is 1.82. The second kappa shape index (κ2) is 9.57.